The van der Waals surface area contributed by atoms with Gasteiger partial charge in [-0.25, -0.2) is 0 Å². The van der Waals surface area contributed by atoms with Gasteiger partial charge in [-0.2, -0.15) is 0 Å². The summed E-state index contributed by atoms with van der Waals surface area (Å²) in [6.45, 7) is 6.25. The first-order valence-corrected chi connectivity index (χ1v) is 8.67. The van der Waals surface area contributed by atoms with Crippen molar-refractivity contribution in [2.75, 3.05) is 39.3 Å². The first kappa shape index (κ1) is 13.6. The van der Waals surface area contributed by atoms with Crippen molar-refractivity contribution in [3.8, 4) is 0 Å². The lowest BCUT2D eigenvalue weighted by atomic mass is 10.0. The number of likely N-dealkylation sites (tertiary alicyclic amines) is 1. The number of thioether (sulfide) groups is 1. The Labute approximate surface area is 129 Å². The van der Waals surface area contributed by atoms with Crippen molar-refractivity contribution in [2.45, 2.75) is 22.6 Å². The van der Waals surface area contributed by atoms with Gasteiger partial charge in [0.05, 0.1) is 5.25 Å². The van der Waals surface area contributed by atoms with Crippen molar-refractivity contribution in [1.29, 1.82) is 0 Å². The molecular formula is C16H21N3OS. The average Bonchev–Trinajstić information content (AvgIpc) is 2.90. The zero-order valence-corrected chi connectivity index (χ0v) is 12.9. The summed E-state index contributed by atoms with van der Waals surface area (Å²) in [5.74, 6) is 0.336. The molecule has 1 N–H and O–H groups in total. The van der Waals surface area contributed by atoms with Gasteiger partial charge in [-0.05, 0) is 18.1 Å². The molecule has 3 heterocycles. The predicted octanol–water partition coefficient (Wildman–Crippen LogP) is 0.819. The van der Waals surface area contributed by atoms with Gasteiger partial charge < -0.3 is 10.2 Å². The van der Waals surface area contributed by atoms with E-state index in [0.717, 1.165) is 45.7 Å². The molecule has 2 fully saturated rings. The Morgan fingerprint density at radius 2 is 1.95 bits per heavy atom. The molecule has 2 saturated heterocycles. The number of benzene rings is 1. The minimum Gasteiger partial charge on any atom is -0.338 e. The SMILES string of the molecule is O=C(C1Cc2ccccc2S1)N1CC(N2CCNCC2)C1. The van der Waals surface area contributed by atoms with E-state index in [9.17, 15) is 4.79 Å². The molecule has 1 atom stereocenters. The third kappa shape index (κ3) is 2.58. The molecule has 1 aromatic carbocycles. The van der Waals surface area contributed by atoms with Crippen LogP contribution in [-0.2, 0) is 11.2 Å². The van der Waals surface area contributed by atoms with E-state index in [-0.39, 0.29) is 5.25 Å². The Morgan fingerprint density at radius 3 is 2.71 bits per heavy atom. The quantitative estimate of drug-likeness (QED) is 0.877. The number of carbonyl (C=O) groups excluding carboxylic acids is 1. The van der Waals surface area contributed by atoms with Crippen LogP contribution < -0.4 is 5.32 Å². The number of piperazine rings is 1. The molecule has 0 spiro atoms. The van der Waals surface area contributed by atoms with Gasteiger partial charge in [-0.3, -0.25) is 9.69 Å². The number of nitrogens with one attached hydrogen (secondary N) is 1. The van der Waals surface area contributed by atoms with Crippen LogP contribution in [0.5, 0.6) is 0 Å². The molecule has 1 amide bonds. The summed E-state index contributed by atoms with van der Waals surface area (Å²) in [6.07, 6.45) is 0.897. The summed E-state index contributed by atoms with van der Waals surface area (Å²) in [4.78, 5) is 18.5. The molecule has 0 aliphatic carbocycles. The van der Waals surface area contributed by atoms with Crippen LogP contribution in [0.1, 0.15) is 5.56 Å². The topological polar surface area (TPSA) is 35.6 Å². The molecule has 1 aromatic rings. The summed E-state index contributed by atoms with van der Waals surface area (Å²) >= 11 is 1.74. The molecule has 0 aromatic heterocycles. The number of carbonyl (C=O) groups is 1. The molecule has 3 aliphatic heterocycles. The number of hydrogen-bond donors (Lipinski definition) is 1. The number of fused-ring (bicyclic) bond motifs is 1. The second-order valence-corrected chi connectivity index (χ2v) is 7.35. The van der Waals surface area contributed by atoms with Gasteiger partial charge in [0.25, 0.3) is 0 Å². The third-order valence-electron chi connectivity index (χ3n) is 4.76. The minimum absolute atomic E-state index is 0.103. The zero-order chi connectivity index (χ0) is 14.2. The predicted molar refractivity (Wildman–Crippen MR) is 84.6 cm³/mol. The van der Waals surface area contributed by atoms with E-state index in [1.807, 2.05) is 0 Å². The van der Waals surface area contributed by atoms with Crippen LogP contribution >= 0.6 is 11.8 Å². The highest BCUT2D eigenvalue weighted by Gasteiger charge is 2.39. The van der Waals surface area contributed by atoms with Crippen LogP contribution in [0.4, 0.5) is 0 Å². The van der Waals surface area contributed by atoms with Crippen LogP contribution in [0.15, 0.2) is 29.2 Å². The molecule has 4 nitrogen and oxygen atoms in total. The standard InChI is InChI=1S/C16H21N3OS/c20-16(15-9-12-3-1-2-4-14(12)21-15)19-10-13(11-19)18-7-5-17-6-8-18/h1-4,13,15,17H,5-11H2. The van der Waals surface area contributed by atoms with Gasteiger partial charge >= 0.3 is 0 Å². The number of nitrogens with zero attached hydrogens (tertiary/aromatic N) is 2. The van der Waals surface area contributed by atoms with E-state index in [4.69, 9.17) is 0 Å². The van der Waals surface area contributed by atoms with E-state index in [2.05, 4.69) is 39.4 Å². The number of hydrogen-bond acceptors (Lipinski definition) is 4. The van der Waals surface area contributed by atoms with Crippen LogP contribution in [-0.4, -0.2) is 66.3 Å². The van der Waals surface area contributed by atoms with E-state index in [1.165, 1.54) is 10.5 Å². The largest absolute Gasteiger partial charge is 0.338 e. The number of amides is 1. The van der Waals surface area contributed by atoms with Crippen LogP contribution in [0, 0.1) is 0 Å². The van der Waals surface area contributed by atoms with E-state index < -0.39 is 0 Å². The minimum atomic E-state index is 0.103. The van der Waals surface area contributed by atoms with Crippen molar-refractivity contribution < 1.29 is 4.79 Å². The Morgan fingerprint density at radius 1 is 1.19 bits per heavy atom. The van der Waals surface area contributed by atoms with Gasteiger partial charge in [-0.15, -0.1) is 11.8 Å². The summed E-state index contributed by atoms with van der Waals surface area (Å²) in [5.41, 5.74) is 1.33. The van der Waals surface area contributed by atoms with E-state index in [0.29, 0.717) is 11.9 Å². The lowest BCUT2D eigenvalue weighted by molar-refractivity contribution is -0.138. The van der Waals surface area contributed by atoms with Crippen molar-refractivity contribution in [1.82, 2.24) is 15.1 Å². The van der Waals surface area contributed by atoms with Crippen LogP contribution in [0.3, 0.4) is 0 Å². The second kappa shape index (κ2) is 5.63. The molecule has 1 unspecified atom stereocenters. The maximum atomic E-state index is 12.6. The highest BCUT2D eigenvalue weighted by Crippen LogP contribution is 2.38. The fourth-order valence-electron chi connectivity index (χ4n) is 3.44. The summed E-state index contributed by atoms with van der Waals surface area (Å²) in [5, 5.41) is 3.48. The van der Waals surface area contributed by atoms with Gasteiger partial charge in [0, 0.05) is 50.2 Å². The smallest absolute Gasteiger partial charge is 0.236 e. The molecule has 0 radical (unpaired) electrons. The lowest BCUT2D eigenvalue weighted by Crippen LogP contribution is -2.64. The van der Waals surface area contributed by atoms with Gasteiger partial charge in [0.1, 0.15) is 0 Å². The Kier molecular flexibility index (Phi) is 3.65. The van der Waals surface area contributed by atoms with Gasteiger partial charge in [0.2, 0.25) is 5.91 Å². The second-order valence-electron chi connectivity index (χ2n) is 6.10. The third-order valence-corrected chi connectivity index (χ3v) is 6.07. The lowest BCUT2D eigenvalue weighted by Gasteiger charge is -2.47. The fraction of sp³-hybridized carbons (Fsp3) is 0.562. The van der Waals surface area contributed by atoms with Crippen molar-refractivity contribution in [2.24, 2.45) is 0 Å². The molecule has 21 heavy (non-hydrogen) atoms. The summed E-state index contributed by atoms with van der Waals surface area (Å²) in [7, 11) is 0. The molecule has 0 bridgehead atoms. The Balaban J connectivity index is 1.32. The molecule has 3 aliphatic rings. The van der Waals surface area contributed by atoms with E-state index >= 15 is 0 Å². The Hall–Kier alpha value is -1.04. The van der Waals surface area contributed by atoms with E-state index in [1.54, 1.807) is 11.8 Å². The van der Waals surface area contributed by atoms with Gasteiger partial charge in [0.15, 0.2) is 0 Å². The highest BCUT2D eigenvalue weighted by molar-refractivity contribution is 8.01. The van der Waals surface area contributed by atoms with Crippen molar-refractivity contribution >= 4 is 17.7 Å². The normalized spacial score (nSPS) is 26.5. The highest BCUT2D eigenvalue weighted by atomic mass is 32.2. The van der Waals surface area contributed by atoms with Crippen molar-refractivity contribution in [3.63, 3.8) is 0 Å². The Bertz CT molecular complexity index is 513. The van der Waals surface area contributed by atoms with Crippen LogP contribution in [0.2, 0.25) is 0 Å². The molecule has 0 saturated carbocycles. The average molecular weight is 303 g/mol. The maximum absolute atomic E-state index is 12.6. The van der Waals surface area contributed by atoms with Crippen molar-refractivity contribution in [3.05, 3.63) is 29.8 Å². The van der Waals surface area contributed by atoms with Gasteiger partial charge in [-0.1, -0.05) is 18.2 Å². The molecular weight excluding hydrogens is 282 g/mol. The maximum Gasteiger partial charge on any atom is 0.236 e. The zero-order valence-electron chi connectivity index (χ0n) is 12.1. The molecule has 112 valence electrons. The first-order valence-electron chi connectivity index (χ1n) is 7.79. The molecule has 4 rings (SSSR count). The monoisotopic (exact) mass is 303 g/mol. The summed E-state index contributed by atoms with van der Waals surface area (Å²) in [6, 6.07) is 8.99. The molecule has 5 heteroatoms. The number of rotatable bonds is 2. The first-order chi connectivity index (χ1) is 10.3. The fourth-order valence-corrected chi connectivity index (χ4v) is 4.72. The summed E-state index contributed by atoms with van der Waals surface area (Å²) < 4.78 is 0. The van der Waals surface area contributed by atoms with Crippen LogP contribution in [0.25, 0.3) is 0 Å².